The van der Waals surface area contributed by atoms with Crippen LogP contribution in [-0.2, 0) is 14.3 Å². The highest BCUT2D eigenvalue weighted by Gasteiger charge is 2.37. The highest BCUT2D eigenvalue weighted by Crippen LogP contribution is 2.37. The molecule has 1 unspecified atom stereocenters. The van der Waals surface area contributed by atoms with Crippen molar-refractivity contribution < 1.29 is 19.1 Å². The van der Waals surface area contributed by atoms with Crippen LogP contribution in [0.2, 0.25) is 0 Å². The predicted octanol–water partition coefficient (Wildman–Crippen LogP) is 2.96. The van der Waals surface area contributed by atoms with Gasteiger partial charge in [-0.15, -0.1) is 0 Å². The van der Waals surface area contributed by atoms with Crippen LogP contribution in [0.1, 0.15) is 67.5 Å². The maximum Gasteiger partial charge on any atom is 0.281 e. The van der Waals surface area contributed by atoms with Crippen molar-refractivity contribution in [2.75, 3.05) is 26.3 Å². The standard InChI is InChI=1S/C25H30N4O4/c1-15-11-22-20(23-21(24(30)27-22)13-26-29(23)16-7-10-32-14-16)12-19(15)25(31)28-8-5-18(6-9-28)33-17-3-2-4-17/h11-13,16-19H,2-10,14H2,1H3/t16-,19?/m0/s1. The van der Waals surface area contributed by atoms with Gasteiger partial charge in [0, 0.05) is 25.3 Å². The quantitative estimate of drug-likeness (QED) is 0.704. The molecule has 0 bridgehead atoms. The van der Waals surface area contributed by atoms with Crippen molar-refractivity contribution in [3.8, 4) is 0 Å². The number of allylic oxidation sites excluding steroid dienone is 2. The van der Waals surface area contributed by atoms with Gasteiger partial charge in [-0.1, -0.05) is 11.6 Å². The van der Waals surface area contributed by atoms with E-state index in [0.717, 1.165) is 49.2 Å². The molecule has 33 heavy (non-hydrogen) atoms. The van der Waals surface area contributed by atoms with E-state index in [4.69, 9.17) is 9.47 Å². The van der Waals surface area contributed by atoms with Crippen molar-refractivity contribution in [3.05, 3.63) is 35.2 Å². The van der Waals surface area contributed by atoms with Crippen LogP contribution in [0.5, 0.6) is 0 Å². The zero-order valence-electron chi connectivity index (χ0n) is 19.0. The summed E-state index contributed by atoms with van der Waals surface area (Å²) < 4.78 is 13.6. The summed E-state index contributed by atoms with van der Waals surface area (Å²) in [6, 6.07) is 0.0950. The van der Waals surface area contributed by atoms with Crippen molar-refractivity contribution in [1.29, 1.82) is 0 Å². The van der Waals surface area contributed by atoms with Gasteiger partial charge in [0.05, 0.1) is 53.9 Å². The number of nitrogens with zero attached hydrogens (tertiary/aromatic N) is 4. The summed E-state index contributed by atoms with van der Waals surface area (Å²) in [6.45, 7) is 4.67. The first kappa shape index (κ1) is 21.0. The van der Waals surface area contributed by atoms with Crippen LogP contribution in [0.25, 0.3) is 5.57 Å². The van der Waals surface area contributed by atoms with Crippen molar-refractivity contribution in [3.63, 3.8) is 0 Å². The lowest BCUT2D eigenvalue weighted by molar-refractivity contribution is -0.137. The molecule has 2 aliphatic carbocycles. The molecule has 174 valence electrons. The number of aliphatic imine (C=N–C) groups is 1. The van der Waals surface area contributed by atoms with Gasteiger partial charge in [-0.25, -0.2) is 4.99 Å². The number of hydrogen-bond donors (Lipinski definition) is 0. The van der Waals surface area contributed by atoms with Crippen molar-refractivity contribution in [2.24, 2.45) is 10.9 Å². The van der Waals surface area contributed by atoms with Crippen molar-refractivity contribution in [1.82, 2.24) is 14.7 Å². The largest absolute Gasteiger partial charge is 0.379 e. The topological polar surface area (TPSA) is 86.0 Å². The van der Waals surface area contributed by atoms with Gasteiger partial charge in [-0.2, -0.15) is 5.10 Å². The normalized spacial score (nSPS) is 28.0. The van der Waals surface area contributed by atoms with Gasteiger partial charge in [0.15, 0.2) is 0 Å². The molecule has 3 fully saturated rings. The summed E-state index contributed by atoms with van der Waals surface area (Å²) >= 11 is 0. The van der Waals surface area contributed by atoms with E-state index < -0.39 is 0 Å². The maximum atomic E-state index is 13.5. The molecule has 8 nitrogen and oxygen atoms in total. The average molecular weight is 451 g/mol. The number of carbonyl (C=O) groups is 2. The van der Waals surface area contributed by atoms with Gasteiger partial charge in [0.1, 0.15) is 0 Å². The summed E-state index contributed by atoms with van der Waals surface area (Å²) in [5, 5.41) is 4.52. The Kier molecular flexibility index (Phi) is 5.30. The first-order valence-electron chi connectivity index (χ1n) is 12.2. The molecular formula is C25H30N4O4. The minimum atomic E-state index is -0.354. The third kappa shape index (κ3) is 3.69. The van der Waals surface area contributed by atoms with E-state index in [-0.39, 0.29) is 29.9 Å². The number of amides is 2. The molecule has 1 aromatic heterocycles. The molecule has 0 spiro atoms. The fourth-order valence-corrected chi connectivity index (χ4v) is 5.46. The van der Waals surface area contributed by atoms with Crippen LogP contribution in [0.4, 0.5) is 0 Å². The number of rotatable bonds is 4. The summed E-state index contributed by atoms with van der Waals surface area (Å²) in [5.41, 5.74) is 3.66. The molecule has 6 rings (SSSR count). The molecule has 0 aromatic carbocycles. The number of ether oxygens (including phenoxy) is 2. The van der Waals surface area contributed by atoms with E-state index in [1.807, 2.05) is 28.7 Å². The number of piperidine rings is 1. The van der Waals surface area contributed by atoms with Crippen LogP contribution < -0.4 is 0 Å². The molecule has 0 radical (unpaired) electrons. The minimum absolute atomic E-state index is 0.0950. The van der Waals surface area contributed by atoms with Crippen LogP contribution in [0.3, 0.4) is 0 Å². The summed E-state index contributed by atoms with van der Waals surface area (Å²) in [7, 11) is 0. The molecule has 0 N–H and O–H groups in total. The van der Waals surface area contributed by atoms with Crippen LogP contribution in [0.15, 0.2) is 28.9 Å². The minimum Gasteiger partial charge on any atom is -0.379 e. The van der Waals surface area contributed by atoms with E-state index in [9.17, 15) is 9.59 Å². The second-order valence-corrected chi connectivity index (χ2v) is 9.83. The van der Waals surface area contributed by atoms with Crippen LogP contribution in [0, 0.1) is 5.92 Å². The third-order valence-electron chi connectivity index (χ3n) is 7.68. The Bertz CT molecular complexity index is 1070. The molecule has 3 aliphatic heterocycles. The predicted molar refractivity (Wildman–Crippen MR) is 122 cm³/mol. The molecule has 1 aromatic rings. The van der Waals surface area contributed by atoms with Gasteiger partial charge in [0.2, 0.25) is 5.91 Å². The number of hydrogen-bond acceptors (Lipinski definition) is 5. The lowest BCUT2D eigenvalue weighted by Gasteiger charge is -2.37. The number of aromatic nitrogens is 2. The van der Waals surface area contributed by atoms with E-state index >= 15 is 0 Å². The number of carbonyl (C=O) groups excluding carboxylic acids is 2. The lowest BCUT2D eigenvalue weighted by Crippen LogP contribution is -2.45. The highest BCUT2D eigenvalue weighted by molar-refractivity contribution is 6.36. The third-order valence-corrected chi connectivity index (χ3v) is 7.68. The Hall–Kier alpha value is -2.58. The Morgan fingerprint density at radius 3 is 2.64 bits per heavy atom. The van der Waals surface area contributed by atoms with Gasteiger partial charge in [-0.3, -0.25) is 14.3 Å². The fraction of sp³-hybridized carbons (Fsp3) is 0.600. The first-order chi connectivity index (χ1) is 16.1. The van der Waals surface area contributed by atoms with Gasteiger partial charge >= 0.3 is 0 Å². The molecule has 5 aliphatic rings. The Labute approximate surface area is 193 Å². The monoisotopic (exact) mass is 450 g/mol. The second kappa shape index (κ2) is 8.33. The number of fused-ring (bicyclic) bond motifs is 3. The number of likely N-dealkylation sites (tertiary alicyclic amines) is 1. The van der Waals surface area contributed by atoms with E-state index in [1.165, 1.54) is 19.3 Å². The smallest absolute Gasteiger partial charge is 0.281 e. The average Bonchev–Trinajstić information content (AvgIpc) is 3.46. The molecule has 8 heteroatoms. The molecule has 2 atom stereocenters. The van der Waals surface area contributed by atoms with E-state index in [2.05, 4.69) is 10.1 Å². The Morgan fingerprint density at radius 2 is 1.94 bits per heavy atom. The zero-order chi connectivity index (χ0) is 22.5. The van der Waals surface area contributed by atoms with E-state index in [1.54, 1.807) is 6.20 Å². The van der Waals surface area contributed by atoms with Crippen molar-refractivity contribution in [2.45, 2.75) is 63.7 Å². The SMILES string of the molecule is CC1=CC2=NC(=O)c3cnn([C@H]4CCOC4)c3C2=CC1C(=O)N1CCC(OC2CCC2)CC1. The van der Waals surface area contributed by atoms with Crippen LogP contribution >= 0.6 is 0 Å². The Balaban J connectivity index is 1.24. The molecular weight excluding hydrogens is 420 g/mol. The van der Waals surface area contributed by atoms with Gasteiger partial charge < -0.3 is 14.4 Å². The molecule has 1 saturated carbocycles. The summed E-state index contributed by atoms with van der Waals surface area (Å²) in [5.74, 6) is -0.511. The zero-order valence-corrected chi connectivity index (χ0v) is 19.0. The maximum absolute atomic E-state index is 13.5. The van der Waals surface area contributed by atoms with Gasteiger partial charge in [0.25, 0.3) is 5.91 Å². The van der Waals surface area contributed by atoms with Crippen LogP contribution in [-0.4, -0.2) is 70.7 Å². The fourth-order valence-electron chi connectivity index (χ4n) is 5.46. The first-order valence-corrected chi connectivity index (χ1v) is 12.2. The van der Waals surface area contributed by atoms with Gasteiger partial charge in [-0.05, 0) is 51.5 Å². The summed E-state index contributed by atoms with van der Waals surface area (Å²) in [4.78, 5) is 32.5. The van der Waals surface area contributed by atoms with Crippen molar-refractivity contribution >= 4 is 23.1 Å². The molecule has 2 amide bonds. The summed E-state index contributed by atoms with van der Waals surface area (Å²) in [6.07, 6.45) is 12.5. The lowest BCUT2D eigenvalue weighted by atomic mass is 9.84. The van der Waals surface area contributed by atoms with E-state index in [0.29, 0.717) is 30.6 Å². The second-order valence-electron chi connectivity index (χ2n) is 9.83. The highest BCUT2D eigenvalue weighted by atomic mass is 16.5. The molecule has 2 saturated heterocycles. The Morgan fingerprint density at radius 1 is 1.15 bits per heavy atom. The molecule has 4 heterocycles.